The maximum Gasteiger partial charge on any atom is 0.270 e. The van der Waals surface area contributed by atoms with Crippen molar-refractivity contribution in [2.45, 2.75) is 13.1 Å². The molecule has 0 unspecified atom stereocenters. The second-order valence-corrected chi connectivity index (χ2v) is 6.08. The predicted molar refractivity (Wildman–Crippen MR) is 90.6 cm³/mol. The third-order valence-electron chi connectivity index (χ3n) is 4.59. The molecule has 0 aromatic carbocycles. The van der Waals surface area contributed by atoms with Crippen molar-refractivity contribution >= 4 is 16.8 Å². The van der Waals surface area contributed by atoms with Crippen molar-refractivity contribution in [3.8, 4) is 11.4 Å². The number of aromatic nitrogens is 6. The SMILES string of the molecule is O=C(c1cc2cnccc2[nH]1)N1CCn2cnc(-c3ccn[nH]3)c2C1. The zero-order valence-corrected chi connectivity index (χ0v) is 13.3. The molecule has 5 rings (SSSR count). The first-order valence-corrected chi connectivity index (χ1v) is 8.05. The number of H-pyrrole nitrogens is 2. The molecule has 0 atom stereocenters. The lowest BCUT2D eigenvalue weighted by molar-refractivity contribution is 0.0706. The van der Waals surface area contributed by atoms with E-state index in [0.29, 0.717) is 18.8 Å². The van der Waals surface area contributed by atoms with Gasteiger partial charge in [-0.3, -0.25) is 14.9 Å². The van der Waals surface area contributed by atoms with Crippen molar-refractivity contribution < 1.29 is 4.79 Å². The summed E-state index contributed by atoms with van der Waals surface area (Å²) in [7, 11) is 0. The topological polar surface area (TPSA) is 95.5 Å². The number of hydrogen-bond acceptors (Lipinski definition) is 4. The summed E-state index contributed by atoms with van der Waals surface area (Å²) in [5.41, 5.74) is 4.22. The van der Waals surface area contributed by atoms with Gasteiger partial charge in [-0.2, -0.15) is 5.10 Å². The van der Waals surface area contributed by atoms with Gasteiger partial charge in [-0.25, -0.2) is 4.98 Å². The molecule has 0 saturated heterocycles. The highest BCUT2D eigenvalue weighted by Gasteiger charge is 2.26. The molecule has 1 aliphatic heterocycles. The molecule has 0 bridgehead atoms. The standard InChI is InChI=1S/C17H15N7O/c25-17(14-7-11-8-18-3-1-12(11)21-14)23-5-6-24-10-19-16(15(24)9-23)13-2-4-20-22-13/h1-4,7-8,10,21H,5-6,9H2,(H,20,22). The summed E-state index contributed by atoms with van der Waals surface area (Å²) >= 11 is 0. The van der Waals surface area contributed by atoms with Crippen LogP contribution in [0.2, 0.25) is 0 Å². The van der Waals surface area contributed by atoms with Crippen LogP contribution in [0.1, 0.15) is 16.2 Å². The number of amides is 1. The largest absolute Gasteiger partial charge is 0.350 e. The van der Waals surface area contributed by atoms with E-state index in [1.165, 1.54) is 0 Å². The Morgan fingerprint density at radius 3 is 3.00 bits per heavy atom. The fourth-order valence-corrected chi connectivity index (χ4v) is 3.30. The molecular weight excluding hydrogens is 318 g/mol. The smallest absolute Gasteiger partial charge is 0.270 e. The molecule has 0 fully saturated rings. The summed E-state index contributed by atoms with van der Waals surface area (Å²) in [5.74, 6) is -0.0146. The summed E-state index contributed by atoms with van der Waals surface area (Å²) in [6.07, 6.45) is 6.99. The number of nitrogens with one attached hydrogen (secondary N) is 2. The fraction of sp³-hybridized carbons (Fsp3) is 0.176. The highest BCUT2D eigenvalue weighted by molar-refractivity contribution is 5.97. The Labute approximate surface area is 142 Å². The Bertz CT molecular complexity index is 1030. The Hall–Kier alpha value is -3.42. The number of imidazole rings is 1. The van der Waals surface area contributed by atoms with Crippen LogP contribution in [-0.4, -0.2) is 47.1 Å². The molecule has 2 N–H and O–H groups in total. The molecule has 4 aromatic heterocycles. The van der Waals surface area contributed by atoms with E-state index in [1.807, 2.05) is 29.4 Å². The summed E-state index contributed by atoms with van der Waals surface area (Å²) in [5, 5.41) is 7.86. The molecule has 1 aliphatic rings. The maximum atomic E-state index is 12.9. The van der Waals surface area contributed by atoms with Crippen LogP contribution in [0, 0.1) is 0 Å². The molecule has 1 amide bonds. The first-order chi connectivity index (χ1) is 12.3. The molecule has 0 saturated carbocycles. The third-order valence-corrected chi connectivity index (χ3v) is 4.59. The van der Waals surface area contributed by atoms with Gasteiger partial charge >= 0.3 is 0 Å². The van der Waals surface area contributed by atoms with Gasteiger partial charge in [0, 0.05) is 42.6 Å². The van der Waals surface area contributed by atoms with Crippen LogP contribution >= 0.6 is 0 Å². The maximum absolute atomic E-state index is 12.9. The first-order valence-electron chi connectivity index (χ1n) is 8.05. The van der Waals surface area contributed by atoms with Gasteiger partial charge in [0.25, 0.3) is 5.91 Å². The third kappa shape index (κ3) is 2.22. The van der Waals surface area contributed by atoms with Crippen LogP contribution in [-0.2, 0) is 13.1 Å². The van der Waals surface area contributed by atoms with E-state index in [2.05, 4.69) is 29.7 Å². The van der Waals surface area contributed by atoms with Crippen molar-refractivity contribution in [2.75, 3.05) is 6.54 Å². The molecule has 0 aliphatic carbocycles. The average molecular weight is 333 g/mol. The minimum absolute atomic E-state index is 0.0146. The minimum Gasteiger partial charge on any atom is -0.350 e. The van der Waals surface area contributed by atoms with Crippen LogP contribution < -0.4 is 0 Å². The van der Waals surface area contributed by atoms with Crippen LogP contribution in [0.25, 0.3) is 22.3 Å². The number of carbonyl (C=O) groups is 1. The van der Waals surface area contributed by atoms with Crippen LogP contribution in [0.15, 0.2) is 43.1 Å². The summed E-state index contributed by atoms with van der Waals surface area (Å²) < 4.78 is 2.09. The van der Waals surface area contributed by atoms with Crippen molar-refractivity contribution in [1.82, 2.24) is 34.6 Å². The Balaban J connectivity index is 1.47. The van der Waals surface area contributed by atoms with Gasteiger partial charge < -0.3 is 14.5 Å². The lowest BCUT2D eigenvalue weighted by Gasteiger charge is -2.28. The second kappa shape index (κ2) is 5.30. The number of fused-ring (bicyclic) bond motifs is 2. The number of carbonyl (C=O) groups excluding carboxylic acids is 1. The summed E-state index contributed by atoms with van der Waals surface area (Å²) in [6, 6.07) is 5.61. The van der Waals surface area contributed by atoms with Crippen LogP contribution in [0.5, 0.6) is 0 Å². The van der Waals surface area contributed by atoms with E-state index in [-0.39, 0.29) is 5.91 Å². The van der Waals surface area contributed by atoms with Gasteiger partial charge in [0.05, 0.1) is 24.3 Å². The number of rotatable bonds is 2. The molecule has 124 valence electrons. The Kier molecular flexibility index (Phi) is 2.96. The quantitative estimate of drug-likeness (QED) is 0.585. The van der Waals surface area contributed by atoms with Crippen molar-refractivity contribution in [1.29, 1.82) is 0 Å². The molecule has 25 heavy (non-hydrogen) atoms. The van der Waals surface area contributed by atoms with Crippen LogP contribution in [0.4, 0.5) is 0 Å². The normalized spacial score (nSPS) is 14.0. The van der Waals surface area contributed by atoms with Crippen molar-refractivity contribution in [2.24, 2.45) is 0 Å². The number of aromatic amines is 2. The van der Waals surface area contributed by atoms with Gasteiger partial charge in [-0.05, 0) is 18.2 Å². The zero-order chi connectivity index (χ0) is 16.8. The van der Waals surface area contributed by atoms with Crippen molar-refractivity contribution in [3.63, 3.8) is 0 Å². The molecular formula is C17H15N7O. The van der Waals surface area contributed by atoms with E-state index in [1.54, 1.807) is 18.6 Å². The molecule has 0 radical (unpaired) electrons. The molecule has 0 spiro atoms. The minimum atomic E-state index is -0.0146. The highest BCUT2D eigenvalue weighted by Crippen LogP contribution is 2.25. The Morgan fingerprint density at radius 2 is 2.16 bits per heavy atom. The lowest BCUT2D eigenvalue weighted by atomic mass is 10.2. The number of nitrogens with zero attached hydrogens (tertiary/aromatic N) is 5. The van der Waals surface area contributed by atoms with Gasteiger partial charge in [0.15, 0.2) is 0 Å². The lowest BCUT2D eigenvalue weighted by Crippen LogP contribution is -2.38. The van der Waals surface area contributed by atoms with Crippen molar-refractivity contribution in [3.05, 3.63) is 54.5 Å². The van der Waals surface area contributed by atoms with Gasteiger partial charge in [0.2, 0.25) is 0 Å². The van der Waals surface area contributed by atoms with E-state index < -0.39 is 0 Å². The van der Waals surface area contributed by atoms with Crippen LogP contribution in [0.3, 0.4) is 0 Å². The van der Waals surface area contributed by atoms with E-state index in [4.69, 9.17) is 0 Å². The molecule has 8 nitrogen and oxygen atoms in total. The van der Waals surface area contributed by atoms with E-state index in [9.17, 15) is 4.79 Å². The Morgan fingerprint density at radius 1 is 1.20 bits per heavy atom. The molecule has 4 aromatic rings. The fourth-order valence-electron chi connectivity index (χ4n) is 3.30. The van der Waals surface area contributed by atoms with Gasteiger partial charge in [0.1, 0.15) is 11.4 Å². The van der Waals surface area contributed by atoms with E-state index in [0.717, 1.165) is 34.5 Å². The number of hydrogen-bond donors (Lipinski definition) is 2. The average Bonchev–Trinajstić information content (AvgIpc) is 3.37. The zero-order valence-electron chi connectivity index (χ0n) is 13.3. The molecule has 5 heterocycles. The highest BCUT2D eigenvalue weighted by atomic mass is 16.2. The predicted octanol–water partition coefficient (Wildman–Crippen LogP) is 1.81. The monoisotopic (exact) mass is 333 g/mol. The first kappa shape index (κ1) is 14.0. The second-order valence-electron chi connectivity index (χ2n) is 6.08. The van der Waals surface area contributed by atoms with Gasteiger partial charge in [-0.1, -0.05) is 0 Å². The summed E-state index contributed by atoms with van der Waals surface area (Å²) in [4.78, 5) is 26.5. The molecule has 8 heteroatoms. The number of pyridine rings is 1. The van der Waals surface area contributed by atoms with E-state index >= 15 is 0 Å². The summed E-state index contributed by atoms with van der Waals surface area (Å²) in [6.45, 7) is 1.89. The van der Waals surface area contributed by atoms with Gasteiger partial charge in [-0.15, -0.1) is 0 Å².